The number of rotatable bonds is 3. The highest BCUT2D eigenvalue weighted by Crippen LogP contribution is 2.24. The minimum Gasteiger partial charge on any atom is -0.508 e. The Morgan fingerprint density at radius 1 is 1.20 bits per heavy atom. The van der Waals surface area contributed by atoms with Crippen molar-refractivity contribution in [2.24, 2.45) is 0 Å². The lowest BCUT2D eigenvalue weighted by atomic mass is 10.2. The number of phenols is 1. The van der Waals surface area contributed by atoms with Gasteiger partial charge in [0.05, 0.1) is 16.1 Å². The Morgan fingerprint density at radius 2 is 1.95 bits per heavy atom. The molecule has 0 aliphatic rings. The smallest absolute Gasteiger partial charge is 0.262 e. The zero-order chi connectivity index (χ0) is 14.8. The monoisotopic (exact) mass is 352 g/mol. The Bertz CT molecular complexity index is 798. The van der Waals surface area contributed by atoms with Crippen LogP contribution in [0, 0.1) is 11.3 Å². The summed E-state index contributed by atoms with van der Waals surface area (Å²) < 4.78 is 27.3. The van der Waals surface area contributed by atoms with Crippen LogP contribution in [0.3, 0.4) is 0 Å². The van der Waals surface area contributed by atoms with Gasteiger partial charge in [0.15, 0.2) is 0 Å². The molecular formula is C13H9BrN2O3S. The van der Waals surface area contributed by atoms with Crippen molar-refractivity contribution >= 4 is 31.6 Å². The third-order valence-electron chi connectivity index (χ3n) is 2.47. The summed E-state index contributed by atoms with van der Waals surface area (Å²) in [4.78, 5) is -0.0821. The predicted molar refractivity (Wildman–Crippen MR) is 77.8 cm³/mol. The van der Waals surface area contributed by atoms with E-state index in [4.69, 9.17) is 5.26 Å². The molecule has 2 rings (SSSR count). The van der Waals surface area contributed by atoms with E-state index in [-0.39, 0.29) is 21.9 Å². The lowest BCUT2D eigenvalue weighted by Crippen LogP contribution is -2.13. The molecule has 0 amide bonds. The normalized spacial score (nSPS) is 10.8. The number of aromatic hydroxyl groups is 1. The number of nitrogens with one attached hydrogen (secondary N) is 1. The minimum atomic E-state index is -3.87. The van der Waals surface area contributed by atoms with E-state index < -0.39 is 10.0 Å². The fourth-order valence-corrected chi connectivity index (χ4v) is 3.02. The SMILES string of the molecule is N#Cc1ccc(Br)cc1NS(=O)(=O)c1cccc(O)c1. The van der Waals surface area contributed by atoms with Crippen molar-refractivity contribution in [2.75, 3.05) is 4.72 Å². The van der Waals surface area contributed by atoms with Gasteiger partial charge in [-0.1, -0.05) is 22.0 Å². The molecule has 0 unspecified atom stereocenters. The molecule has 0 aliphatic heterocycles. The van der Waals surface area contributed by atoms with Crippen molar-refractivity contribution in [3.8, 4) is 11.8 Å². The number of hydrogen-bond acceptors (Lipinski definition) is 4. The predicted octanol–water partition coefficient (Wildman–Crippen LogP) is 2.83. The summed E-state index contributed by atoms with van der Waals surface area (Å²) in [7, 11) is -3.87. The molecule has 0 aromatic heterocycles. The lowest BCUT2D eigenvalue weighted by molar-refractivity contribution is 0.473. The first-order chi connectivity index (χ1) is 9.42. The molecule has 2 N–H and O–H groups in total. The Hall–Kier alpha value is -2.04. The molecule has 7 heteroatoms. The Balaban J connectivity index is 2.44. The van der Waals surface area contributed by atoms with Crippen molar-refractivity contribution in [2.45, 2.75) is 4.90 Å². The molecule has 0 heterocycles. The van der Waals surface area contributed by atoms with E-state index in [2.05, 4.69) is 20.7 Å². The summed E-state index contributed by atoms with van der Waals surface area (Å²) in [5.74, 6) is -0.150. The summed E-state index contributed by atoms with van der Waals surface area (Å²) >= 11 is 3.22. The van der Waals surface area contributed by atoms with E-state index in [1.165, 1.54) is 30.3 Å². The van der Waals surface area contributed by atoms with Crippen LogP contribution in [0.4, 0.5) is 5.69 Å². The summed E-state index contributed by atoms with van der Waals surface area (Å²) in [5.41, 5.74) is 0.377. The van der Waals surface area contributed by atoms with Crippen molar-refractivity contribution in [3.05, 3.63) is 52.5 Å². The molecule has 0 aliphatic carbocycles. The van der Waals surface area contributed by atoms with Crippen LogP contribution in [0.15, 0.2) is 51.8 Å². The number of nitrogens with zero attached hydrogens (tertiary/aromatic N) is 1. The second-order valence-corrected chi connectivity index (χ2v) is 6.50. The fraction of sp³-hybridized carbons (Fsp3) is 0. The average molecular weight is 353 g/mol. The molecule has 2 aromatic carbocycles. The van der Waals surface area contributed by atoms with Gasteiger partial charge < -0.3 is 5.11 Å². The maximum absolute atomic E-state index is 12.2. The summed E-state index contributed by atoms with van der Waals surface area (Å²) in [6.07, 6.45) is 0. The molecule has 0 atom stereocenters. The maximum Gasteiger partial charge on any atom is 0.262 e. The first-order valence-electron chi connectivity index (χ1n) is 5.44. The molecule has 2 aromatic rings. The van der Waals surface area contributed by atoms with E-state index >= 15 is 0 Å². The van der Waals surface area contributed by atoms with Gasteiger partial charge in [-0.15, -0.1) is 0 Å². The van der Waals surface area contributed by atoms with Crippen LogP contribution in [0.25, 0.3) is 0 Å². The fourth-order valence-electron chi connectivity index (χ4n) is 1.55. The zero-order valence-electron chi connectivity index (χ0n) is 10.0. The Morgan fingerprint density at radius 3 is 2.60 bits per heavy atom. The second kappa shape index (κ2) is 5.53. The van der Waals surface area contributed by atoms with Crippen molar-refractivity contribution < 1.29 is 13.5 Å². The van der Waals surface area contributed by atoms with Crippen LogP contribution >= 0.6 is 15.9 Å². The van der Waals surface area contributed by atoms with Gasteiger partial charge in [0.2, 0.25) is 0 Å². The quantitative estimate of drug-likeness (QED) is 0.888. The summed E-state index contributed by atoms with van der Waals surface area (Å²) in [6.45, 7) is 0. The number of halogens is 1. The summed E-state index contributed by atoms with van der Waals surface area (Å²) in [6, 6.07) is 11.8. The van der Waals surface area contributed by atoms with Crippen LogP contribution < -0.4 is 4.72 Å². The summed E-state index contributed by atoms with van der Waals surface area (Å²) in [5, 5.41) is 18.3. The van der Waals surface area contributed by atoms with Crippen LogP contribution in [0.5, 0.6) is 5.75 Å². The van der Waals surface area contributed by atoms with Crippen molar-refractivity contribution in [3.63, 3.8) is 0 Å². The van der Waals surface area contributed by atoms with Crippen molar-refractivity contribution in [1.29, 1.82) is 5.26 Å². The minimum absolute atomic E-state index is 0.0821. The Labute approximate surface area is 124 Å². The van der Waals surface area contributed by atoms with E-state index in [9.17, 15) is 13.5 Å². The molecular weight excluding hydrogens is 344 g/mol. The number of sulfonamides is 1. The molecule has 5 nitrogen and oxygen atoms in total. The van der Waals surface area contributed by atoms with Gasteiger partial charge in [-0.3, -0.25) is 4.72 Å². The second-order valence-electron chi connectivity index (χ2n) is 3.90. The molecule has 0 radical (unpaired) electrons. The van der Waals surface area contributed by atoms with E-state index in [0.717, 1.165) is 6.07 Å². The molecule has 0 saturated carbocycles. The largest absolute Gasteiger partial charge is 0.508 e. The van der Waals surface area contributed by atoms with E-state index in [1.807, 2.05) is 6.07 Å². The maximum atomic E-state index is 12.2. The van der Waals surface area contributed by atoms with Gasteiger partial charge in [0.25, 0.3) is 10.0 Å². The average Bonchev–Trinajstić information content (AvgIpc) is 2.38. The van der Waals surface area contributed by atoms with Gasteiger partial charge in [0, 0.05) is 10.5 Å². The van der Waals surface area contributed by atoms with Gasteiger partial charge in [-0.25, -0.2) is 8.42 Å². The molecule has 0 bridgehead atoms. The first kappa shape index (κ1) is 14.4. The van der Waals surface area contributed by atoms with Crippen LogP contribution in [0.1, 0.15) is 5.56 Å². The highest BCUT2D eigenvalue weighted by Gasteiger charge is 2.16. The Kier molecular flexibility index (Phi) is 3.97. The van der Waals surface area contributed by atoms with Gasteiger partial charge in [-0.2, -0.15) is 5.26 Å². The van der Waals surface area contributed by atoms with Crippen LogP contribution in [0.2, 0.25) is 0 Å². The molecule has 0 saturated heterocycles. The number of anilines is 1. The van der Waals surface area contributed by atoms with Crippen LogP contribution in [-0.2, 0) is 10.0 Å². The number of phenolic OH excluding ortho intramolecular Hbond substituents is 1. The highest BCUT2D eigenvalue weighted by molar-refractivity contribution is 9.10. The lowest BCUT2D eigenvalue weighted by Gasteiger charge is -2.10. The number of benzene rings is 2. The van der Waals surface area contributed by atoms with E-state index in [1.54, 1.807) is 6.07 Å². The third kappa shape index (κ3) is 3.10. The molecule has 20 heavy (non-hydrogen) atoms. The molecule has 0 spiro atoms. The molecule has 102 valence electrons. The highest BCUT2D eigenvalue weighted by atomic mass is 79.9. The first-order valence-corrected chi connectivity index (χ1v) is 7.71. The molecule has 0 fully saturated rings. The van der Waals surface area contributed by atoms with Crippen molar-refractivity contribution in [1.82, 2.24) is 0 Å². The number of nitriles is 1. The van der Waals surface area contributed by atoms with Gasteiger partial charge in [-0.05, 0) is 30.3 Å². The standard InChI is InChI=1S/C13H9BrN2O3S/c14-10-5-4-9(8-15)13(6-10)16-20(18,19)12-3-1-2-11(17)7-12/h1-7,16-17H. The third-order valence-corrected chi connectivity index (χ3v) is 4.33. The van der Waals surface area contributed by atoms with Gasteiger partial charge >= 0.3 is 0 Å². The zero-order valence-corrected chi connectivity index (χ0v) is 12.4. The topological polar surface area (TPSA) is 90.2 Å². The number of hydrogen-bond donors (Lipinski definition) is 2. The van der Waals surface area contributed by atoms with E-state index in [0.29, 0.717) is 4.47 Å². The van der Waals surface area contributed by atoms with Gasteiger partial charge in [0.1, 0.15) is 11.8 Å². The van der Waals surface area contributed by atoms with Crippen LogP contribution in [-0.4, -0.2) is 13.5 Å².